The van der Waals surface area contributed by atoms with Crippen LogP contribution in [-0.4, -0.2) is 11.6 Å². The molecule has 1 aromatic rings. The second-order valence-corrected chi connectivity index (χ2v) is 3.49. The van der Waals surface area contributed by atoms with E-state index in [0.29, 0.717) is 12.5 Å². The van der Waals surface area contributed by atoms with E-state index in [1.54, 1.807) is 6.07 Å². The van der Waals surface area contributed by atoms with Crippen molar-refractivity contribution < 1.29 is 9.13 Å². The Kier molecular flexibility index (Phi) is 2.17. The van der Waals surface area contributed by atoms with E-state index in [-0.39, 0.29) is 11.7 Å². The molecule has 0 bridgehead atoms. The van der Waals surface area contributed by atoms with Crippen LogP contribution in [0, 0.1) is 18.7 Å². The van der Waals surface area contributed by atoms with Crippen molar-refractivity contribution in [2.75, 3.05) is 6.61 Å². The zero-order chi connectivity index (χ0) is 9.26. The van der Waals surface area contributed by atoms with Gasteiger partial charge in [-0.3, -0.25) is 0 Å². The molecule has 0 saturated heterocycles. The molecule has 0 radical (unpaired) electrons. The monoisotopic (exact) mass is 181 g/mol. The largest absolute Gasteiger partial charge is 0.475 e. The van der Waals surface area contributed by atoms with Gasteiger partial charge in [-0.2, -0.15) is 0 Å². The Hall–Kier alpha value is -1.12. The molecule has 1 aliphatic carbocycles. The van der Waals surface area contributed by atoms with Crippen molar-refractivity contribution in [3.63, 3.8) is 0 Å². The van der Waals surface area contributed by atoms with Crippen LogP contribution in [0.25, 0.3) is 0 Å². The molecule has 0 aromatic carbocycles. The van der Waals surface area contributed by atoms with E-state index in [0.717, 1.165) is 5.69 Å². The maximum Gasteiger partial charge on any atom is 0.250 e. The summed E-state index contributed by atoms with van der Waals surface area (Å²) in [6.07, 6.45) is 2.40. The Morgan fingerprint density at radius 2 is 2.31 bits per heavy atom. The van der Waals surface area contributed by atoms with Gasteiger partial charge >= 0.3 is 0 Å². The van der Waals surface area contributed by atoms with Crippen LogP contribution in [0.4, 0.5) is 4.39 Å². The van der Waals surface area contributed by atoms with E-state index in [1.807, 2.05) is 6.92 Å². The number of aromatic nitrogens is 1. The molecule has 13 heavy (non-hydrogen) atoms. The van der Waals surface area contributed by atoms with E-state index in [4.69, 9.17) is 4.74 Å². The molecule has 2 rings (SSSR count). The van der Waals surface area contributed by atoms with Gasteiger partial charge < -0.3 is 4.74 Å². The third-order valence-electron chi connectivity index (χ3n) is 2.11. The van der Waals surface area contributed by atoms with Crippen LogP contribution >= 0.6 is 0 Å². The van der Waals surface area contributed by atoms with Gasteiger partial charge in [-0.25, -0.2) is 9.37 Å². The third-order valence-corrected chi connectivity index (χ3v) is 2.11. The Labute approximate surface area is 76.7 Å². The smallest absolute Gasteiger partial charge is 0.250 e. The van der Waals surface area contributed by atoms with E-state index in [2.05, 4.69) is 4.98 Å². The van der Waals surface area contributed by atoms with Crippen molar-refractivity contribution in [1.82, 2.24) is 4.98 Å². The van der Waals surface area contributed by atoms with Gasteiger partial charge in [0.05, 0.1) is 6.61 Å². The molecule has 0 amide bonds. The summed E-state index contributed by atoms with van der Waals surface area (Å²) in [5, 5.41) is 0. The average molecular weight is 181 g/mol. The highest BCUT2D eigenvalue weighted by Crippen LogP contribution is 2.29. The van der Waals surface area contributed by atoms with Gasteiger partial charge in [-0.15, -0.1) is 0 Å². The predicted octanol–water partition coefficient (Wildman–Crippen LogP) is 2.32. The molecule has 1 aromatic heterocycles. The van der Waals surface area contributed by atoms with Crippen molar-refractivity contribution in [3.8, 4) is 5.88 Å². The van der Waals surface area contributed by atoms with Crippen LogP contribution in [-0.2, 0) is 0 Å². The summed E-state index contributed by atoms with van der Waals surface area (Å²) in [7, 11) is 0. The number of aryl methyl sites for hydroxylation is 1. The summed E-state index contributed by atoms with van der Waals surface area (Å²) in [5.74, 6) is 0.403. The molecule has 0 aliphatic heterocycles. The van der Waals surface area contributed by atoms with Crippen molar-refractivity contribution in [2.45, 2.75) is 19.8 Å². The third kappa shape index (κ3) is 2.17. The zero-order valence-electron chi connectivity index (χ0n) is 7.59. The van der Waals surface area contributed by atoms with Crippen LogP contribution in [0.2, 0.25) is 0 Å². The molecule has 0 N–H and O–H groups in total. The zero-order valence-corrected chi connectivity index (χ0v) is 7.59. The maximum atomic E-state index is 13.1. The normalized spacial score (nSPS) is 15.8. The van der Waals surface area contributed by atoms with E-state index in [9.17, 15) is 4.39 Å². The van der Waals surface area contributed by atoms with Crippen molar-refractivity contribution in [3.05, 3.63) is 23.6 Å². The van der Waals surface area contributed by atoms with Gasteiger partial charge in [0, 0.05) is 5.69 Å². The first-order valence-electron chi connectivity index (χ1n) is 4.51. The predicted molar refractivity (Wildman–Crippen MR) is 47.2 cm³/mol. The minimum absolute atomic E-state index is 0.145. The fourth-order valence-electron chi connectivity index (χ4n) is 1.10. The molecule has 2 nitrogen and oxygen atoms in total. The molecule has 0 spiro atoms. The second-order valence-electron chi connectivity index (χ2n) is 3.49. The first kappa shape index (κ1) is 8.48. The minimum atomic E-state index is -0.369. The lowest BCUT2D eigenvalue weighted by molar-refractivity contribution is 0.272. The molecular formula is C10H12FNO. The number of hydrogen-bond acceptors (Lipinski definition) is 2. The highest BCUT2D eigenvalue weighted by molar-refractivity contribution is 5.17. The van der Waals surface area contributed by atoms with Crippen molar-refractivity contribution in [1.29, 1.82) is 0 Å². The Morgan fingerprint density at radius 3 is 3.00 bits per heavy atom. The summed E-state index contributed by atoms with van der Waals surface area (Å²) in [4.78, 5) is 3.98. The molecule has 0 unspecified atom stereocenters. The summed E-state index contributed by atoms with van der Waals surface area (Å²) < 4.78 is 18.3. The molecule has 1 fully saturated rings. The van der Waals surface area contributed by atoms with Crippen LogP contribution < -0.4 is 4.74 Å². The van der Waals surface area contributed by atoms with Crippen LogP contribution in [0.15, 0.2) is 12.1 Å². The van der Waals surface area contributed by atoms with E-state index >= 15 is 0 Å². The molecule has 0 atom stereocenters. The Morgan fingerprint density at radius 1 is 1.54 bits per heavy atom. The molecule has 1 heterocycles. The Bertz CT molecular complexity index is 310. The quantitative estimate of drug-likeness (QED) is 0.713. The number of rotatable bonds is 3. The summed E-state index contributed by atoms with van der Waals surface area (Å²) in [5.41, 5.74) is 0.784. The Balaban J connectivity index is 2.03. The van der Waals surface area contributed by atoms with Gasteiger partial charge in [0.1, 0.15) is 0 Å². The molecular weight excluding hydrogens is 169 g/mol. The lowest BCUT2D eigenvalue weighted by Gasteiger charge is -2.05. The number of halogens is 1. The fraction of sp³-hybridized carbons (Fsp3) is 0.500. The highest BCUT2D eigenvalue weighted by atomic mass is 19.1. The van der Waals surface area contributed by atoms with Crippen LogP contribution in [0.1, 0.15) is 18.5 Å². The lowest BCUT2D eigenvalue weighted by atomic mass is 10.4. The van der Waals surface area contributed by atoms with Crippen molar-refractivity contribution in [2.24, 2.45) is 5.92 Å². The fourth-order valence-corrected chi connectivity index (χ4v) is 1.10. The standard InChI is InChI=1S/C10H12FNO/c1-7-2-5-9(11)10(12-7)13-6-8-3-4-8/h2,5,8H,3-4,6H2,1H3. The molecule has 1 saturated carbocycles. The SMILES string of the molecule is Cc1ccc(F)c(OCC2CC2)n1. The van der Waals surface area contributed by atoms with Gasteiger partial charge in [0.2, 0.25) is 0 Å². The summed E-state index contributed by atoms with van der Waals surface area (Å²) in [6, 6.07) is 3.03. The number of pyridine rings is 1. The van der Waals surface area contributed by atoms with Crippen LogP contribution in [0.5, 0.6) is 5.88 Å². The average Bonchev–Trinajstić information content (AvgIpc) is 2.90. The molecule has 1 aliphatic rings. The van der Waals surface area contributed by atoms with E-state index in [1.165, 1.54) is 18.9 Å². The minimum Gasteiger partial charge on any atom is -0.475 e. The summed E-state index contributed by atoms with van der Waals surface area (Å²) >= 11 is 0. The van der Waals surface area contributed by atoms with Gasteiger partial charge in [0.25, 0.3) is 5.88 Å². The van der Waals surface area contributed by atoms with E-state index < -0.39 is 0 Å². The maximum absolute atomic E-state index is 13.1. The first-order valence-corrected chi connectivity index (χ1v) is 4.51. The van der Waals surface area contributed by atoms with Gasteiger partial charge in [-0.1, -0.05) is 0 Å². The topological polar surface area (TPSA) is 22.1 Å². The van der Waals surface area contributed by atoms with Crippen molar-refractivity contribution >= 4 is 0 Å². The second kappa shape index (κ2) is 3.32. The lowest BCUT2D eigenvalue weighted by Crippen LogP contribution is -2.03. The highest BCUT2D eigenvalue weighted by Gasteiger charge is 2.22. The summed E-state index contributed by atoms with van der Waals surface area (Å²) in [6.45, 7) is 2.43. The molecule has 3 heteroatoms. The number of ether oxygens (including phenoxy) is 1. The first-order chi connectivity index (χ1) is 6.25. The number of hydrogen-bond donors (Lipinski definition) is 0. The molecule has 70 valence electrons. The van der Waals surface area contributed by atoms with Crippen LogP contribution in [0.3, 0.4) is 0 Å². The van der Waals surface area contributed by atoms with Gasteiger partial charge in [-0.05, 0) is 37.8 Å². The number of nitrogens with zero attached hydrogens (tertiary/aromatic N) is 1. The van der Waals surface area contributed by atoms with Gasteiger partial charge in [0.15, 0.2) is 5.82 Å².